The van der Waals surface area contributed by atoms with E-state index in [1.807, 2.05) is 0 Å². The average Bonchev–Trinajstić information content (AvgIpc) is 3.05. The number of halogens is 10. The van der Waals surface area contributed by atoms with E-state index < -0.39 is 63.3 Å². The molecule has 4 aromatic carbocycles. The van der Waals surface area contributed by atoms with E-state index in [0.29, 0.717) is 23.3 Å². The Labute approximate surface area is 292 Å². The molecule has 0 saturated carbocycles. The second-order valence-electron chi connectivity index (χ2n) is 10.7. The van der Waals surface area contributed by atoms with Crippen LogP contribution in [-0.4, -0.2) is 9.97 Å². The van der Waals surface area contributed by atoms with Gasteiger partial charge in [-0.1, -0.05) is 96.1 Å². The number of hydrogen-bond donors (Lipinski definition) is 0. The predicted octanol–water partition coefficient (Wildman–Crippen LogP) is 10.4. The summed E-state index contributed by atoms with van der Waals surface area (Å²) in [5.41, 5.74) is -7.22. The van der Waals surface area contributed by atoms with Crippen molar-refractivity contribution in [2.24, 2.45) is 0 Å². The van der Waals surface area contributed by atoms with Gasteiger partial charge in [-0.15, -0.1) is 24.3 Å². The zero-order chi connectivity index (χ0) is 35.1. The number of aromatic nitrogens is 2. The summed E-state index contributed by atoms with van der Waals surface area (Å²) in [6.07, 6.45) is -10.8. The largest absolute Gasteiger partial charge is 2.00 e. The molecule has 0 aliphatic rings. The first-order valence-electron chi connectivity index (χ1n) is 14.2. The normalized spacial score (nSPS) is 12.0. The van der Waals surface area contributed by atoms with Crippen LogP contribution in [0.2, 0.25) is 0 Å². The molecular weight excluding hydrogens is 857 g/mol. The fourth-order valence-electron chi connectivity index (χ4n) is 5.73. The van der Waals surface area contributed by atoms with Crippen molar-refractivity contribution in [1.29, 1.82) is 0 Å². The molecule has 0 atom stereocenters. The van der Waals surface area contributed by atoms with Crippen LogP contribution in [0.4, 0.5) is 43.9 Å². The molecule has 0 aliphatic heterocycles. The van der Waals surface area contributed by atoms with Crippen LogP contribution in [0.3, 0.4) is 0 Å². The van der Waals surface area contributed by atoms with Crippen molar-refractivity contribution in [1.82, 2.24) is 9.97 Å². The molecule has 0 bridgehead atoms. The summed E-state index contributed by atoms with van der Waals surface area (Å²) in [4.78, 5) is 9.11. The molecule has 0 radical (unpaired) electrons. The van der Waals surface area contributed by atoms with Crippen LogP contribution in [0.5, 0.6) is 0 Å². The van der Waals surface area contributed by atoms with Gasteiger partial charge in [0.05, 0.1) is 34.7 Å². The van der Waals surface area contributed by atoms with Crippen molar-refractivity contribution in [3.8, 4) is 22.5 Å². The molecule has 0 saturated heterocycles. The van der Waals surface area contributed by atoms with Crippen molar-refractivity contribution in [3.05, 3.63) is 178 Å². The summed E-state index contributed by atoms with van der Waals surface area (Å²) < 4.78 is 141. The zero-order valence-electron chi connectivity index (χ0n) is 24.9. The molecule has 0 aliphatic carbocycles. The van der Waals surface area contributed by atoms with Gasteiger partial charge in [0.2, 0.25) is 0 Å². The van der Waals surface area contributed by atoms with Crippen LogP contribution in [0, 0.1) is 35.4 Å². The minimum atomic E-state index is -5.38. The molecule has 0 unspecified atom stereocenters. The fraction of sp³-hybridized carbons (Fsp3) is 0.0811. The fourth-order valence-corrected chi connectivity index (χ4v) is 5.73. The third-order valence-corrected chi connectivity index (χ3v) is 7.80. The first kappa shape index (κ1) is 36.4. The number of nitrogens with zero attached hydrogens (tertiary/aromatic N) is 2. The van der Waals surface area contributed by atoms with E-state index in [4.69, 9.17) is 0 Å². The van der Waals surface area contributed by atoms with Crippen molar-refractivity contribution in [3.63, 3.8) is 0 Å². The maximum Gasteiger partial charge on any atom is 2.00 e. The van der Waals surface area contributed by atoms with Crippen LogP contribution in [0.1, 0.15) is 33.6 Å². The van der Waals surface area contributed by atoms with Crippen molar-refractivity contribution in [2.75, 3.05) is 0 Å². The first-order chi connectivity index (χ1) is 23.2. The minimum Gasteiger partial charge on any atom is -0.299 e. The van der Waals surface area contributed by atoms with Crippen molar-refractivity contribution in [2.45, 2.75) is 17.8 Å². The van der Waals surface area contributed by atoms with E-state index in [-0.39, 0.29) is 43.8 Å². The summed E-state index contributed by atoms with van der Waals surface area (Å²) in [5.74, 6) is -7.62. The standard InChI is InChI=1S/C37H18F10N2.Pt/c38-25-19-17-23(33(40)31(25)36(42,43)44)27-13-7-15-29(48-27)35(21-9-3-1-4-10-21,22-11-5-2-6-12-22)30-16-8-14-28(49-30)24-18-20-26(39)32(34(24)41)37(45,46)47;/h1-16,19-20H;/q-2;+2. The summed E-state index contributed by atoms with van der Waals surface area (Å²) >= 11 is 0. The van der Waals surface area contributed by atoms with Gasteiger partial charge in [-0.05, 0) is 34.6 Å². The second-order valence-corrected chi connectivity index (χ2v) is 10.7. The van der Waals surface area contributed by atoms with Gasteiger partial charge in [-0.3, -0.25) is 27.5 Å². The maximum absolute atomic E-state index is 15.3. The number of pyridine rings is 2. The van der Waals surface area contributed by atoms with Crippen LogP contribution in [-0.2, 0) is 38.8 Å². The Bertz CT molecular complexity index is 2000. The summed E-state index contributed by atoms with van der Waals surface area (Å²) in [5, 5.41) is 0. The van der Waals surface area contributed by atoms with Gasteiger partial charge >= 0.3 is 33.4 Å². The molecule has 6 aromatic rings. The Morgan fingerprint density at radius 2 is 0.820 bits per heavy atom. The van der Waals surface area contributed by atoms with Crippen LogP contribution in [0.25, 0.3) is 22.5 Å². The van der Waals surface area contributed by atoms with Crippen molar-refractivity contribution < 1.29 is 65.0 Å². The van der Waals surface area contributed by atoms with Crippen LogP contribution >= 0.6 is 0 Å². The molecule has 0 fully saturated rings. The molecule has 0 N–H and O–H groups in total. The number of alkyl halides is 6. The Balaban J connectivity index is 0.00000486. The van der Waals surface area contributed by atoms with Gasteiger partial charge in [-0.25, -0.2) is 0 Å². The smallest absolute Gasteiger partial charge is 0.299 e. The second kappa shape index (κ2) is 13.8. The third-order valence-electron chi connectivity index (χ3n) is 7.80. The van der Waals surface area contributed by atoms with Crippen molar-refractivity contribution >= 4 is 0 Å². The number of benzene rings is 4. The summed E-state index contributed by atoms with van der Waals surface area (Å²) in [6, 6.07) is 29.8. The SMILES string of the molecule is Fc1c[c-]c(-c2cccc(C(c3ccccc3)(c3ccccc3)c3cccc(-c4[c-]cc(F)c(C(F)(F)F)c4F)n3)n2)c(F)c1C(F)(F)F.[Pt+2]. The van der Waals surface area contributed by atoms with Crippen LogP contribution < -0.4 is 0 Å². The zero-order valence-corrected chi connectivity index (χ0v) is 27.2. The van der Waals surface area contributed by atoms with E-state index in [0.717, 1.165) is 0 Å². The van der Waals surface area contributed by atoms with Gasteiger partial charge < -0.3 is 0 Å². The molecule has 50 heavy (non-hydrogen) atoms. The average molecular weight is 876 g/mol. The first-order valence-corrected chi connectivity index (χ1v) is 14.2. The summed E-state index contributed by atoms with van der Waals surface area (Å²) in [7, 11) is 0. The Kier molecular flexibility index (Phi) is 10.1. The van der Waals surface area contributed by atoms with E-state index in [9.17, 15) is 35.1 Å². The molecule has 0 amide bonds. The molecule has 2 heterocycles. The molecule has 2 aromatic heterocycles. The Morgan fingerprint density at radius 1 is 0.460 bits per heavy atom. The molecule has 13 heteroatoms. The quantitative estimate of drug-likeness (QED) is 0.123. The predicted molar refractivity (Wildman–Crippen MR) is 159 cm³/mol. The van der Waals surface area contributed by atoms with E-state index >= 15 is 8.78 Å². The molecule has 256 valence electrons. The van der Waals surface area contributed by atoms with Gasteiger partial charge in [0.15, 0.2) is 0 Å². The maximum atomic E-state index is 15.3. The number of rotatable bonds is 6. The third kappa shape index (κ3) is 6.44. The molecule has 6 rings (SSSR count). The monoisotopic (exact) mass is 875 g/mol. The summed E-state index contributed by atoms with van der Waals surface area (Å²) in [6.45, 7) is 0. The van der Waals surface area contributed by atoms with E-state index in [1.54, 1.807) is 60.7 Å². The Hall–Kier alpha value is -4.83. The van der Waals surface area contributed by atoms with Gasteiger partial charge in [0.1, 0.15) is 5.41 Å². The van der Waals surface area contributed by atoms with E-state index in [1.165, 1.54) is 36.4 Å². The van der Waals surface area contributed by atoms with Crippen LogP contribution in [0.15, 0.2) is 109 Å². The Morgan fingerprint density at radius 3 is 1.16 bits per heavy atom. The van der Waals surface area contributed by atoms with Gasteiger partial charge in [0, 0.05) is 11.1 Å². The molecule has 2 nitrogen and oxygen atoms in total. The molecular formula is C37H18F10N2Pt. The number of hydrogen-bond acceptors (Lipinski definition) is 2. The van der Waals surface area contributed by atoms with Gasteiger partial charge in [-0.2, -0.15) is 26.3 Å². The van der Waals surface area contributed by atoms with Gasteiger partial charge in [0.25, 0.3) is 0 Å². The minimum absolute atomic E-state index is 0. The van der Waals surface area contributed by atoms with E-state index in [2.05, 4.69) is 22.1 Å². The molecule has 0 spiro atoms. The topological polar surface area (TPSA) is 25.8 Å².